The number of aromatic nitrogens is 2. The van der Waals surface area contributed by atoms with Crippen molar-refractivity contribution < 1.29 is 17.6 Å². The first-order valence-electron chi connectivity index (χ1n) is 5.74. The smallest absolute Gasteiger partial charge is 0.406 e. The van der Waals surface area contributed by atoms with E-state index in [1.165, 1.54) is 18.2 Å². The van der Waals surface area contributed by atoms with Gasteiger partial charge in [-0.2, -0.15) is 13.2 Å². The Morgan fingerprint density at radius 2 is 2.00 bits per heavy atom. The van der Waals surface area contributed by atoms with Gasteiger partial charge in [0, 0.05) is 6.54 Å². The second-order valence-corrected chi connectivity index (χ2v) is 4.72. The summed E-state index contributed by atoms with van der Waals surface area (Å²) >= 11 is 5.75. The summed E-state index contributed by atoms with van der Waals surface area (Å²) in [5.74, 6) is 0.207. The van der Waals surface area contributed by atoms with Crippen molar-refractivity contribution in [2.24, 2.45) is 0 Å². The summed E-state index contributed by atoms with van der Waals surface area (Å²) in [6.07, 6.45) is -4.40. The van der Waals surface area contributed by atoms with Crippen molar-refractivity contribution in [3.63, 3.8) is 0 Å². The van der Waals surface area contributed by atoms with E-state index < -0.39 is 17.1 Å². The third-order valence-electron chi connectivity index (χ3n) is 2.53. The molecule has 1 aromatic carbocycles. The molecule has 2 aromatic rings. The van der Waals surface area contributed by atoms with Crippen molar-refractivity contribution >= 4 is 17.6 Å². The van der Waals surface area contributed by atoms with E-state index in [9.17, 15) is 13.2 Å². The minimum atomic E-state index is -4.40. The maximum absolute atomic E-state index is 12.8. The largest absolute Gasteiger partial charge is 0.416 e. The summed E-state index contributed by atoms with van der Waals surface area (Å²) in [5, 5.41) is 9.51. The molecular weight excluding hydrogens is 295 g/mol. The summed E-state index contributed by atoms with van der Waals surface area (Å²) < 4.78 is 43.5. The highest BCUT2D eigenvalue weighted by Crippen LogP contribution is 2.32. The van der Waals surface area contributed by atoms with Crippen molar-refractivity contribution in [3.05, 3.63) is 41.3 Å². The zero-order chi connectivity index (χ0) is 14.8. The quantitative estimate of drug-likeness (QED) is 0.867. The molecule has 1 aromatic heterocycles. The third-order valence-corrected chi connectivity index (χ3v) is 2.72. The van der Waals surface area contributed by atoms with Crippen LogP contribution in [0, 0.1) is 0 Å². The summed E-state index contributed by atoms with van der Waals surface area (Å²) in [6, 6.07) is 5.32. The molecule has 20 heavy (non-hydrogen) atoms. The highest BCUT2D eigenvalue weighted by atomic mass is 35.5. The zero-order valence-corrected chi connectivity index (χ0v) is 11.2. The van der Waals surface area contributed by atoms with E-state index in [2.05, 4.69) is 15.5 Å². The lowest BCUT2D eigenvalue weighted by Crippen LogP contribution is -2.11. The highest BCUT2D eigenvalue weighted by molar-refractivity contribution is 6.20. The molecule has 0 saturated carbocycles. The predicted octanol–water partition coefficient (Wildman–Crippen LogP) is 4.00. The monoisotopic (exact) mass is 305 g/mol. The van der Waals surface area contributed by atoms with Gasteiger partial charge in [0.25, 0.3) is 0 Å². The second kappa shape index (κ2) is 5.70. The second-order valence-electron chi connectivity index (χ2n) is 4.07. The first-order valence-corrected chi connectivity index (χ1v) is 6.18. The lowest BCUT2D eigenvalue weighted by molar-refractivity contribution is -0.138. The number of nitrogens with one attached hydrogen (secondary N) is 1. The van der Waals surface area contributed by atoms with Gasteiger partial charge in [-0.1, -0.05) is 23.3 Å². The molecular formula is C12H11ClF3N3O. The van der Waals surface area contributed by atoms with Gasteiger partial charge in [0.1, 0.15) is 5.38 Å². The van der Waals surface area contributed by atoms with Crippen LogP contribution in [-0.4, -0.2) is 10.2 Å². The number of hydrogen-bond donors (Lipinski definition) is 1. The Morgan fingerprint density at radius 1 is 1.30 bits per heavy atom. The number of hydrogen-bond acceptors (Lipinski definition) is 4. The Bertz CT molecular complexity index is 583. The molecule has 1 N–H and O–H groups in total. The van der Waals surface area contributed by atoms with Gasteiger partial charge in [-0.15, -0.1) is 16.7 Å². The van der Waals surface area contributed by atoms with Gasteiger partial charge in [0.05, 0.1) is 5.56 Å². The van der Waals surface area contributed by atoms with Crippen molar-refractivity contribution in [3.8, 4) is 0 Å². The fourth-order valence-corrected chi connectivity index (χ4v) is 1.68. The Kier molecular flexibility index (Phi) is 4.17. The number of benzene rings is 1. The molecule has 0 aliphatic heterocycles. The fourth-order valence-electron chi connectivity index (χ4n) is 1.59. The van der Waals surface area contributed by atoms with Crippen molar-refractivity contribution in [2.45, 2.75) is 25.0 Å². The molecule has 1 unspecified atom stereocenters. The van der Waals surface area contributed by atoms with Crippen LogP contribution >= 0.6 is 11.6 Å². The van der Waals surface area contributed by atoms with Crippen LogP contribution in [0.2, 0.25) is 0 Å². The van der Waals surface area contributed by atoms with Crippen LogP contribution in [0.1, 0.15) is 29.3 Å². The molecule has 2 rings (SSSR count). The molecule has 108 valence electrons. The summed E-state index contributed by atoms with van der Waals surface area (Å²) in [7, 11) is 0. The first-order chi connectivity index (χ1) is 9.38. The predicted molar refractivity (Wildman–Crippen MR) is 67.3 cm³/mol. The van der Waals surface area contributed by atoms with E-state index in [1.807, 2.05) is 0 Å². The number of nitrogens with zero attached hydrogens (tertiary/aromatic N) is 2. The molecule has 0 saturated heterocycles. The third kappa shape index (κ3) is 3.41. The van der Waals surface area contributed by atoms with Gasteiger partial charge in [-0.05, 0) is 18.6 Å². The molecule has 1 atom stereocenters. The number of halogens is 4. The summed E-state index contributed by atoms with van der Waals surface area (Å²) in [6.45, 7) is 1.58. The van der Waals surface area contributed by atoms with Gasteiger partial charge in [0.15, 0.2) is 0 Å². The van der Waals surface area contributed by atoms with Crippen LogP contribution in [0.5, 0.6) is 0 Å². The number of rotatable bonds is 4. The van der Waals surface area contributed by atoms with Crippen LogP contribution in [0.15, 0.2) is 28.7 Å². The SMILES string of the molecule is CC(Cl)c1nnc(NCc2ccccc2C(F)(F)F)o1. The molecule has 0 radical (unpaired) electrons. The summed E-state index contributed by atoms with van der Waals surface area (Å²) in [4.78, 5) is 0. The Labute approximate surface area is 118 Å². The molecule has 4 nitrogen and oxygen atoms in total. The van der Waals surface area contributed by atoms with Crippen molar-refractivity contribution in [2.75, 3.05) is 5.32 Å². The van der Waals surface area contributed by atoms with Gasteiger partial charge < -0.3 is 9.73 Å². The van der Waals surface area contributed by atoms with E-state index in [0.29, 0.717) is 0 Å². The molecule has 0 fully saturated rings. The minimum Gasteiger partial charge on any atom is -0.406 e. The first kappa shape index (κ1) is 14.6. The average Bonchev–Trinajstić information content (AvgIpc) is 2.84. The van der Waals surface area contributed by atoms with E-state index in [0.717, 1.165) is 6.07 Å². The van der Waals surface area contributed by atoms with E-state index in [1.54, 1.807) is 6.92 Å². The molecule has 0 bridgehead atoms. The van der Waals surface area contributed by atoms with Crippen molar-refractivity contribution in [1.29, 1.82) is 0 Å². The number of alkyl halides is 4. The van der Waals surface area contributed by atoms with E-state index in [4.69, 9.17) is 16.0 Å². The van der Waals surface area contributed by atoms with Crippen LogP contribution in [0.3, 0.4) is 0 Å². The van der Waals surface area contributed by atoms with Gasteiger partial charge in [-0.25, -0.2) is 0 Å². The Hall–Kier alpha value is -1.76. The lowest BCUT2D eigenvalue weighted by Gasteiger charge is -2.12. The minimum absolute atomic E-state index is 0.0319. The van der Waals surface area contributed by atoms with Crippen LogP contribution in [0.4, 0.5) is 19.2 Å². The van der Waals surface area contributed by atoms with Gasteiger partial charge in [-0.3, -0.25) is 0 Å². The van der Waals surface area contributed by atoms with Gasteiger partial charge in [0.2, 0.25) is 5.89 Å². The standard InChI is InChI=1S/C12H11ClF3N3O/c1-7(13)10-18-19-11(20-10)17-6-8-4-2-3-5-9(8)12(14,15)16/h2-5,7H,6H2,1H3,(H,17,19). The molecule has 0 aliphatic carbocycles. The summed E-state index contributed by atoms with van der Waals surface area (Å²) in [5.41, 5.74) is -0.600. The van der Waals surface area contributed by atoms with Gasteiger partial charge >= 0.3 is 12.2 Å². The molecule has 0 amide bonds. The Morgan fingerprint density at radius 3 is 2.60 bits per heavy atom. The fraction of sp³-hybridized carbons (Fsp3) is 0.333. The van der Waals surface area contributed by atoms with E-state index in [-0.39, 0.29) is 24.0 Å². The van der Waals surface area contributed by atoms with E-state index >= 15 is 0 Å². The van der Waals surface area contributed by atoms with Crippen LogP contribution < -0.4 is 5.32 Å². The average molecular weight is 306 g/mol. The topological polar surface area (TPSA) is 51.0 Å². The normalized spacial score (nSPS) is 13.2. The van der Waals surface area contributed by atoms with Crippen LogP contribution in [-0.2, 0) is 12.7 Å². The molecule has 0 spiro atoms. The Balaban J connectivity index is 2.11. The zero-order valence-electron chi connectivity index (χ0n) is 10.4. The number of anilines is 1. The van der Waals surface area contributed by atoms with Crippen molar-refractivity contribution in [1.82, 2.24) is 10.2 Å². The van der Waals surface area contributed by atoms with Crippen LogP contribution in [0.25, 0.3) is 0 Å². The molecule has 1 heterocycles. The maximum Gasteiger partial charge on any atom is 0.416 e. The lowest BCUT2D eigenvalue weighted by atomic mass is 10.1. The molecule has 0 aliphatic rings. The highest BCUT2D eigenvalue weighted by Gasteiger charge is 2.32. The molecule has 8 heteroatoms. The maximum atomic E-state index is 12.8.